The maximum atomic E-state index is 11.8. The zero-order valence-electron chi connectivity index (χ0n) is 9.46. The van der Waals surface area contributed by atoms with E-state index in [2.05, 4.69) is 4.72 Å². The van der Waals surface area contributed by atoms with E-state index in [0.29, 0.717) is 11.6 Å². The lowest BCUT2D eigenvalue weighted by Crippen LogP contribution is -2.24. The van der Waals surface area contributed by atoms with Crippen LogP contribution in [0.4, 0.5) is 0 Å². The summed E-state index contributed by atoms with van der Waals surface area (Å²) in [6.07, 6.45) is 1.56. The van der Waals surface area contributed by atoms with Gasteiger partial charge in [0.1, 0.15) is 0 Å². The van der Waals surface area contributed by atoms with Crippen LogP contribution in [0.5, 0.6) is 0 Å². The molecule has 16 heavy (non-hydrogen) atoms. The molecule has 0 saturated carbocycles. The van der Waals surface area contributed by atoms with Gasteiger partial charge in [0, 0.05) is 11.6 Å². The van der Waals surface area contributed by atoms with Gasteiger partial charge in [-0.3, -0.25) is 0 Å². The van der Waals surface area contributed by atoms with Crippen molar-refractivity contribution in [2.45, 2.75) is 31.6 Å². The van der Waals surface area contributed by atoms with Gasteiger partial charge in [-0.15, -0.1) is 0 Å². The highest BCUT2D eigenvalue weighted by atomic mass is 35.5. The Morgan fingerprint density at radius 2 is 2.00 bits per heavy atom. The van der Waals surface area contributed by atoms with Crippen molar-refractivity contribution in [3.8, 4) is 0 Å². The van der Waals surface area contributed by atoms with Crippen LogP contribution in [0.1, 0.15) is 25.8 Å². The van der Waals surface area contributed by atoms with Gasteiger partial charge in [-0.1, -0.05) is 31.5 Å². The predicted molar refractivity (Wildman–Crippen MR) is 66.3 cm³/mol. The molecule has 0 heterocycles. The number of benzene rings is 1. The first-order chi connectivity index (χ1) is 7.51. The Labute approximate surface area is 102 Å². The van der Waals surface area contributed by atoms with E-state index >= 15 is 0 Å². The van der Waals surface area contributed by atoms with Crippen molar-refractivity contribution < 1.29 is 8.42 Å². The molecule has 0 atom stereocenters. The molecule has 0 fully saturated rings. The zero-order valence-corrected chi connectivity index (χ0v) is 11.0. The van der Waals surface area contributed by atoms with E-state index in [9.17, 15) is 8.42 Å². The Bertz CT molecular complexity index is 457. The van der Waals surface area contributed by atoms with Crippen LogP contribution < -0.4 is 4.72 Å². The van der Waals surface area contributed by atoms with E-state index in [1.807, 2.05) is 13.8 Å². The number of hydrogen-bond donors (Lipinski definition) is 1. The topological polar surface area (TPSA) is 46.2 Å². The van der Waals surface area contributed by atoms with Crippen LogP contribution in [-0.4, -0.2) is 15.0 Å². The van der Waals surface area contributed by atoms with Gasteiger partial charge in [-0.25, -0.2) is 13.1 Å². The van der Waals surface area contributed by atoms with Gasteiger partial charge < -0.3 is 0 Å². The summed E-state index contributed by atoms with van der Waals surface area (Å²) >= 11 is 5.98. The number of hydrogen-bond acceptors (Lipinski definition) is 2. The Morgan fingerprint density at radius 3 is 2.50 bits per heavy atom. The summed E-state index contributed by atoms with van der Waals surface area (Å²) in [7, 11) is -3.40. The summed E-state index contributed by atoms with van der Waals surface area (Å²) in [5.41, 5.74) is 0.955. The summed E-state index contributed by atoms with van der Waals surface area (Å²) < 4.78 is 26.0. The largest absolute Gasteiger partial charge is 0.240 e. The van der Waals surface area contributed by atoms with E-state index in [-0.39, 0.29) is 4.90 Å². The molecule has 0 aliphatic rings. The molecule has 0 aliphatic heterocycles. The third-order valence-corrected chi connectivity index (χ3v) is 4.07. The fourth-order valence-electron chi connectivity index (χ4n) is 1.30. The Kier molecular flexibility index (Phi) is 4.77. The summed E-state index contributed by atoms with van der Waals surface area (Å²) in [5.74, 6) is 0. The zero-order chi connectivity index (χ0) is 12.2. The molecule has 0 aromatic heterocycles. The summed E-state index contributed by atoms with van der Waals surface area (Å²) in [6, 6.07) is 4.84. The normalized spacial score (nSPS) is 11.7. The average molecular weight is 262 g/mol. The monoisotopic (exact) mass is 261 g/mol. The van der Waals surface area contributed by atoms with Crippen LogP contribution in [-0.2, 0) is 16.4 Å². The molecule has 90 valence electrons. The average Bonchev–Trinajstić information content (AvgIpc) is 2.26. The molecule has 0 spiro atoms. The highest BCUT2D eigenvalue weighted by Crippen LogP contribution is 2.21. The van der Waals surface area contributed by atoms with Gasteiger partial charge in [-0.05, 0) is 30.5 Å². The lowest BCUT2D eigenvalue weighted by Gasteiger charge is -2.07. The molecule has 1 aromatic carbocycles. The van der Waals surface area contributed by atoms with Gasteiger partial charge >= 0.3 is 0 Å². The van der Waals surface area contributed by atoms with Crippen molar-refractivity contribution >= 4 is 21.6 Å². The van der Waals surface area contributed by atoms with Crippen LogP contribution >= 0.6 is 11.6 Å². The van der Waals surface area contributed by atoms with Crippen LogP contribution in [0.15, 0.2) is 23.1 Å². The highest BCUT2D eigenvalue weighted by molar-refractivity contribution is 7.89. The highest BCUT2D eigenvalue weighted by Gasteiger charge is 2.14. The van der Waals surface area contributed by atoms with Gasteiger partial charge in [0.15, 0.2) is 0 Å². The van der Waals surface area contributed by atoms with Crippen LogP contribution in [0.2, 0.25) is 5.02 Å². The number of aryl methyl sites for hydroxylation is 1. The summed E-state index contributed by atoms with van der Waals surface area (Å²) in [6.45, 7) is 4.33. The van der Waals surface area contributed by atoms with E-state index in [4.69, 9.17) is 11.6 Å². The second kappa shape index (κ2) is 5.66. The van der Waals surface area contributed by atoms with E-state index in [1.54, 1.807) is 12.1 Å². The standard InChI is InChI=1S/C11H16ClNO2S/c1-3-7-13-16(14,15)10-6-5-9(4-2)11(12)8-10/h5-6,8,13H,3-4,7H2,1-2H3. The molecule has 1 rings (SSSR count). The van der Waals surface area contributed by atoms with Crippen LogP contribution in [0.25, 0.3) is 0 Å². The minimum absolute atomic E-state index is 0.225. The van der Waals surface area contributed by atoms with Crippen LogP contribution in [0, 0.1) is 0 Å². The van der Waals surface area contributed by atoms with E-state index in [0.717, 1.165) is 18.4 Å². The quantitative estimate of drug-likeness (QED) is 0.886. The molecule has 0 radical (unpaired) electrons. The van der Waals surface area contributed by atoms with Crippen molar-refractivity contribution in [3.63, 3.8) is 0 Å². The number of rotatable bonds is 5. The number of nitrogens with one attached hydrogen (secondary N) is 1. The Hall–Kier alpha value is -0.580. The van der Waals surface area contributed by atoms with Crippen molar-refractivity contribution in [2.75, 3.05) is 6.54 Å². The molecule has 3 nitrogen and oxygen atoms in total. The molecule has 0 amide bonds. The number of halogens is 1. The maximum absolute atomic E-state index is 11.8. The minimum Gasteiger partial charge on any atom is -0.211 e. The van der Waals surface area contributed by atoms with E-state index in [1.165, 1.54) is 6.07 Å². The molecule has 0 bridgehead atoms. The van der Waals surface area contributed by atoms with Crippen molar-refractivity contribution in [2.24, 2.45) is 0 Å². The third-order valence-electron chi connectivity index (χ3n) is 2.26. The molecular formula is C11H16ClNO2S. The summed E-state index contributed by atoms with van der Waals surface area (Å²) in [5, 5.41) is 0.502. The summed E-state index contributed by atoms with van der Waals surface area (Å²) in [4.78, 5) is 0.225. The molecule has 0 aliphatic carbocycles. The first-order valence-electron chi connectivity index (χ1n) is 5.29. The molecule has 5 heteroatoms. The van der Waals surface area contributed by atoms with Crippen molar-refractivity contribution in [1.82, 2.24) is 4.72 Å². The van der Waals surface area contributed by atoms with E-state index < -0.39 is 10.0 Å². The molecule has 0 saturated heterocycles. The van der Waals surface area contributed by atoms with Gasteiger partial charge in [0.25, 0.3) is 0 Å². The second-order valence-corrected chi connectivity index (χ2v) is 5.68. The predicted octanol–water partition coefficient (Wildman–Crippen LogP) is 2.59. The van der Waals surface area contributed by atoms with Crippen LogP contribution in [0.3, 0.4) is 0 Å². The third kappa shape index (κ3) is 3.20. The molecular weight excluding hydrogens is 246 g/mol. The Morgan fingerprint density at radius 1 is 1.31 bits per heavy atom. The van der Waals surface area contributed by atoms with Gasteiger partial charge in [0.05, 0.1) is 4.90 Å². The van der Waals surface area contributed by atoms with Crippen molar-refractivity contribution in [3.05, 3.63) is 28.8 Å². The molecule has 0 unspecified atom stereocenters. The first-order valence-corrected chi connectivity index (χ1v) is 7.15. The fraction of sp³-hybridized carbons (Fsp3) is 0.455. The lowest BCUT2D eigenvalue weighted by atomic mass is 10.2. The fourth-order valence-corrected chi connectivity index (χ4v) is 2.84. The smallest absolute Gasteiger partial charge is 0.211 e. The van der Waals surface area contributed by atoms with Crippen molar-refractivity contribution in [1.29, 1.82) is 0 Å². The SMILES string of the molecule is CCCNS(=O)(=O)c1ccc(CC)c(Cl)c1. The van der Waals surface area contributed by atoms with Gasteiger partial charge in [-0.2, -0.15) is 0 Å². The Balaban J connectivity index is 3.01. The minimum atomic E-state index is -3.40. The molecule has 1 N–H and O–H groups in total. The first kappa shape index (κ1) is 13.5. The second-order valence-electron chi connectivity index (χ2n) is 3.50. The molecule has 1 aromatic rings. The van der Waals surface area contributed by atoms with Gasteiger partial charge in [0.2, 0.25) is 10.0 Å². The lowest BCUT2D eigenvalue weighted by molar-refractivity contribution is 0.581. The maximum Gasteiger partial charge on any atom is 0.240 e. The number of sulfonamides is 1.